The predicted molar refractivity (Wildman–Crippen MR) is 41.7 cm³/mol. The Bertz CT molecular complexity index is 140. The Morgan fingerprint density at radius 1 is 1.45 bits per heavy atom. The lowest BCUT2D eigenvalue weighted by molar-refractivity contribution is -0.169. The second kappa shape index (κ2) is 4.77. The molecule has 1 atom stereocenters. The molecule has 0 N–H and O–H groups in total. The summed E-state index contributed by atoms with van der Waals surface area (Å²) in [6, 6.07) is 0. The lowest BCUT2D eigenvalue weighted by Gasteiger charge is -2.13. The number of carbonyl (C=O) groups excluding carboxylic acids is 1. The Hall–Kier alpha value is -0.990. The van der Waals surface area contributed by atoms with E-state index in [0.717, 1.165) is 0 Å². The molecule has 11 heavy (non-hydrogen) atoms. The summed E-state index contributed by atoms with van der Waals surface area (Å²) in [5.41, 5.74) is 0. The van der Waals surface area contributed by atoms with Gasteiger partial charge in [0.15, 0.2) is 0 Å². The largest absolute Gasteiger partial charge is 0.463 e. The molecule has 0 amide bonds. The number of ether oxygens (including phenoxy) is 2. The minimum Gasteiger partial charge on any atom is -0.463 e. The molecule has 0 bridgehead atoms. The fourth-order valence-electron chi connectivity index (χ4n) is 0.463. The van der Waals surface area contributed by atoms with E-state index >= 15 is 0 Å². The predicted octanol–water partition coefficient (Wildman–Crippen LogP) is 1.69. The maximum absolute atomic E-state index is 10.9. The maximum atomic E-state index is 10.9. The molecule has 0 fully saturated rings. The Morgan fingerprint density at radius 2 is 2.00 bits per heavy atom. The molecule has 3 heteroatoms. The summed E-state index contributed by atoms with van der Waals surface area (Å²) in [6.45, 7) is 8.51. The Morgan fingerprint density at radius 3 is 2.36 bits per heavy atom. The molecule has 0 heterocycles. The molecule has 0 radical (unpaired) electrons. The molecular formula is C8H14O3. The van der Waals surface area contributed by atoms with Gasteiger partial charge in [-0.3, -0.25) is 4.79 Å². The summed E-state index contributed by atoms with van der Waals surface area (Å²) in [6.07, 6.45) is 0.709. The van der Waals surface area contributed by atoms with E-state index in [-0.39, 0.29) is 11.9 Å². The van der Waals surface area contributed by atoms with E-state index in [1.165, 1.54) is 6.26 Å². The Balaban J connectivity index is 3.65. The zero-order valence-electron chi connectivity index (χ0n) is 7.16. The highest BCUT2D eigenvalue weighted by molar-refractivity contribution is 5.71. The van der Waals surface area contributed by atoms with E-state index in [2.05, 4.69) is 6.58 Å². The van der Waals surface area contributed by atoms with Crippen molar-refractivity contribution in [3.8, 4) is 0 Å². The summed E-state index contributed by atoms with van der Waals surface area (Å²) in [5, 5.41) is 0. The first-order valence-corrected chi connectivity index (χ1v) is 3.54. The van der Waals surface area contributed by atoms with Crippen molar-refractivity contribution in [3.05, 3.63) is 12.8 Å². The van der Waals surface area contributed by atoms with Crippen LogP contribution in [-0.4, -0.2) is 12.3 Å². The molecule has 0 aromatic heterocycles. The highest BCUT2D eigenvalue weighted by Crippen LogP contribution is 2.01. The van der Waals surface area contributed by atoms with Gasteiger partial charge in [0.05, 0.1) is 12.2 Å². The van der Waals surface area contributed by atoms with E-state index in [4.69, 9.17) is 9.47 Å². The van der Waals surface area contributed by atoms with Crippen LogP contribution in [0.2, 0.25) is 0 Å². The van der Waals surface area contributed by atoms with Crippen molar-refractivity contribution in [3.63, 3.8) is 0 Å². The van der Waals surface area contributed by atoms with Crippen molar-refractivity contribution in [1.82, 2.24) is 0 Å². The number of carbonyl (C=O) groups is 1. The van der Waals surface area contributed by atoms with Crippen LogP contribution in [0.15, 0.2) is 12.8 Å². The zero-order chi connectivity index (χ0) is 8.85. The molecule has 0 rings (SSSR count). The van der Waals surface area contributed by atoms with Crippen molar-refractivity contribution in [1.29, 1.82) is 0 Å². The molecule has 0 aliphatic rings. The van der Waals surface area contributed by atoms with Crippen LogP contribution in [0.5, 0.6) is 0 Å². The van der Waals surface area contributed by atoms with Crippen LogP contribution in [0.4, 0.5) is 0 Å². The van der Waals surface area contributed by atoms with E-state index in [9.17, 15) is 4.79 Å². The number of rotatable bonds is 4. The third kappa shape index (κ3) is 4.42. The molecule has 0 aromatic rings. The molecule has 0 saturated heterocycles. The van der Waals surface area contributed by atoms with Gasteiger partial charge in [0.1, 0.15) is 0 Å². The van der Waals surface area contributed by atoms with Gasteiger partial charge in [0.25, 0.3) is 0 Å². The average molecular weight is 158 g/mol. The van der Waals surface area contributed by atoms with Gasteiger partial charge in [-0.2, -0.15) is 0 Å². The minimum atomic E-state index is -0.539. The van der Waals surface area contributed by atoms with Gasteiger partial charge < -0.3 is 9.47 Å². The Labute approximate surface area is 67.0 Å². The molecular weight excluding hydrogens is 144 g/mol. The molecule has 0 aliphatic carbocycles. The van der Waals surface area contributed by atoms with Crippen LogP contribution in [0.1, 0.15) is 20.8 Å². The molecule has 0 spiro atoms. The first-order chi connectivity index (χ1) is 5.07. The van der Waals surface area contributed by atoms with Crippen LogP contribution in [0, 0.1) is 5.92 Å². The van der Waals surface area contributed by atoms with Crippen molar-refractivity contribution in [2.45, 2.75) is 27.1 Å². The fraction of sp³-hybridized carbons (Fsp3) is 0.625. The average Bonchev–Trinajstić information content (AvgIpc) is 1.87. The topological polar surface area (TPSA) is 35.5 Å². The second-order valence-corrected chi connectivity index (χ2v) is 2.46. The number of hydrogen-bond acceptors (Lipinski definition) is 3. The fourth-order valence-corrected chi connectivity index (χ4v) is 0.463. The monoisotopic (exact) mass is 158 g/mol. The summed E-state index contributed by atoms with van der Waals surface area (Å²) in [7, 11) is 0. The van der Waals surface area contributed by atoms with Crippen molar-refractivity contribution >= 4 is 5.97 Å². The SMILES string of the molecule is C=COC(C)OC(=O)C(C)C. The minimum absolute atomic E-state index is 0.120. The maximum Gasteiger partial charge on any atom is 0.311 e. The van der Waals surface area contributed by atoms with Crippen LogP contribution >= 0.6 is 0 Å². The van der Waals surface area contributed by atoms with Crippen molar-refractivity contribution in [2.75, 3.05) is 0 Å². The summed E-state index contributed by atoms with van der Waals surface area (Å²) >= 11 is 0. The van der Waals surface area contributed by atoms with Gasteiger partial charge in [-0.1, -0.05) is 20.4 Å². The Kier molecular flexibility index (Phi) is 4.34. The van der Waals surface area contributed by atoms with E-state index in [1.54, 1.807) is 20.8 Å². The summed E-state index contributed by atoms with van der Waals surface area (Å²) in [4.78, 5) is 10.9. The quantitative estimate of drug-likeness (QED) is 0.355. The van der Waals surface area contributed by atoms with Crippen molar-refractivity contribution in [2.24, 2.45) is 5.92 Å². The lowest BCUT2D eigenvalue weighted by atomic mass is 10.2. The highest BCUT2D eigenvalue weighted by Gasteiger charge is 2.11. The van der Waals surface area contributed by atoms with Gasteiger partial charge in [-0.05, 0) is 0 Å². The van der Waals surface area contributed by atoms with Gasteiger partial charge in [0, 0.05) is 6.92 Å². The standard InChI is InChI=1S/C8H14O3/c1-5-10-7(4)11-8(9)6(2)3/h5-7H,1H2,2-4H3. The third-order valence-electron chi connectivity index (χ3n) is 1.04. The highest BCUT2D eigenvalue weighted by atomic mass is 16.7. The molecule has 0 saturated carbocycles. The van der Waals surface area contributed by atoms with Crippen LogP contribution in [0.3, 0.4) is 0 Å². The molecule has 0 aromatic carbocycles. The van der Waals surface area contributed by atoms with Crippen molar-refractivity contribution < 1.29 is 14.3 Å². The zero-order valence-corrected chi connectivity index (χ0v) is 7.16. The van der Waals surface area contributed by atoms with Gasteiger partial charge in [-0.15, -0.1) is 0 Å². The summed E-state index contributed by atoms with van der Waals surface area (Å²) < 4.78 is 9.60. The second-order valence-electron chi connectivity index (χ2n) is 2.46. The number of hydrogen-bond donors (Lipinski definition) is 0. The molecule has 0 aliphatic heterocycles. The molecule has 3 nitrogen and oxygen atoms in total. The first-order valence-electron chi connectivity index (χ1n) is 3.54. The van der Waals surface area contributed by atoms with Crippen LogP contribution < -0.4 is 0 Å². The normalized spacial score (nSPS) is 12.4. The third-order valence-corrected chi connectivity index (χ3v) is 1.04. The van der Waals surface area contributed by atoms with E-state index in [1.807, 2.05) is 0 Å². The van der Waals surface area contributed by atoms with E-state index in [0.29, 0.717) is 0 Å². The first kappa shape index (κ1) is 10.0. The summed E-state index contributed by atoms with van der Waals surface area (Å²) in [5.74, 6) is -0.384. The van der Waals surface area contributed by atoms with Crippen LogP contribution in [0.25, 0.3) is 0 Å². The molecule has 64 valence electrons. The van der Waals surface area contributed by atoms with Gasteiger partial charge in [0.2, 0.25) is 6.29 Å². The molecule has 1 unspecified atom stereocenters. The van der Waals surface area contributed by atoms with Gasteiger partial charge in [-0.25, -0.2) is 0 Å². The van der Waals surface area contributed by atoms with E-state index < -0.39 is 6.29 Å². The van der Waals surface area contributed by atoms with Crippen LogP contribution in [-0.2, 0) is 14.3 Å². The number of esters is 1. The smallest absolute Gasteiger partial charge is 0.311 e. The lowest BCUT2D eigenvalue weighted by Crippen LogP contribution is -2.19. The van der Waals surface area contributed by atoms with Gasteiger partial charge >= 0.3 is 5.97 Å².